The van der Waals surface area contributed by atoms with E-state index in [0.29, 0.717) is 23.6 Å². The Bertz CT molecular complexity index is 1060. The number of aromatic nitrogens is 2. The quantitative estimate of drug-likeness (QED) is 0.548. The molecule has 1 aliphatic heterocycles. The van der Waals surface area contributed by atoms with E-state index >= 15 is 0 Å². The molecule has 4 rings (SSSR count). The number of benzene rings is 2. The maximum absolute atomic E-state index is 12.6. The van der Waals surface area contributed by atoms with Crippen molar-refractivity contribution in [2.45, 2.75) is 37.9 Å². The summed E-state index contributed by atoms with van der Waals surface area (Å²) in [4.78, 5) is 22.2. The highest BCUT2D eigenvalue weighted by Crippen LogP contribution is 2.29. The van der Waals surface area contributed by atoms with Gasteiger partial charge in [-0.1, -0.05) is 12.1 Å². The number of rotatable bonds is 6. The van der Waals surface area contributed by atoms with Crippen LogP contribution in [0.2, 0.25) is 0 Å². The minimum Gasteiger partial charge on any atom is -0.394 e. The van der Waals surface area contributed by atoms with E-state index in [9.17, 15) is 23.1 Å². The predicted octanol–water partition coefficient (Wildman–Crippen LogP) is 4.11. The average molecular weight is 432 g/mol. The number of aromatic amines is 1. The van der Waals surface area contributed by atoms with Crippen LogP contribution in [0.4, 0.5) is 24.8 Å². The number of aliphatic hydroxyl groups excluding tert-OH is 1. The standard InChI is InChI=1S/C22H23F3N4O2/c23-22(24,25)15-6-3-14(4-7-15)5-10-20(31)26-16-8-9-18-19(12-16)28-21(27-18)29-11-1-2-17(29)13-30/h3-4,6-9,12,17,30H,1-2,5,10-11,13H2,(H,26,31)(H,27,28). The van der Waals surface area contributed by atoms with E-state index in [1.807, 2.05) is 6.07 Å². The Morgan fingerprint density at radius 2 is 2.00 bits per heavy atom. The lowest BCUT2D eigenvalue weighted by Crippen LogP contribution is -2.32. The molecular weight excluding hydrogens is 409 g/mol. The summed E-state index contributed by atoms with van der Waals surface area (Å²) >= 11 is 0. The third kappa shape index (κ3) is 4.82. The molecule has 0 radical (unpaired) electrons. The second-order valence-corrected chi connectivity index (χ2v) is 7.71. The molecule has 1 fully saturated rings. The minimum absolute atomic E-state index is 0.0601. The van der Waals surface area contributed by atoms with Crippen LogP contribution in [-0.4, -0.2) is 40.2 Å². The number of alkyl halides is 3. The van der Waals surface area contributed by atoms with E-state index in [2.05, 4.69) is 20.2 Å². The topological polar surface area (TPSA) is 81.2 Å². The lowest BCUT2D eigenvalue weighted by molar-refractivity contribution is -0.137. The fraction of sp³-hybridized carbons (Fsp3) is 0.364. The van der Waals surface area contributed by atoms with Gasteiger partial charge in [0.05, 0.1) is 29.2 Å². The van der Waals surface area contributed by atoms with Crippen LogP contribution < -0.4 is 10.2 Å². The van der Waals surface area contributed by atoms with Crippen molar-refractivity contribution in [3.63, 3.8) is 0 Å². The fourth-order valence-corrected chi connectivity index (χ4v) is 3.86. The summed E-state index contributed by atoms with van der Waals surface area (Å²) in [6.07, 6.45) is -1.94. The Hall–Kier alpha value is -3.07. The van der Waals surface area contributed by atoms with E-state index in [1.54, 1.807) is 12.1 Å². The van der Waals surface area contributed by atoms with Gasteiger partial charge in [0.2, 0.25) is 11.9 Å². The molecular formula is C22H23F3N4O2. The molecule has 3 N–H and O–H groups in total. The summed E-state index contributed by atoms with van der Waals surface area (Å²) < 4.78 is 37.9. The van der Waals surface area contributed by atoms with Crippen LogP contribution >= 0.6 is 0 Å². The van der Waals surface area contributed by atoms with Crippen LogP contribution in [0, 0.1) is 0 Å². The Labute approximate surface area is 177 Å². The van der Waals surface area contributed by atoms with E-state index in [-0.39, 0.29) is 25.0 Å². The second kappa shape index (κ2) is 8.58. The number of aliphatic hydroxyl groups is 1. The number of imidazole rings is 1. The molecule has 1 atom stereocenters. The van der Waals surface area contributed by atoms with Gasteiger partial charge in [-0.25, -0.2) is 4.98 Å². The second-order valence-electron chi connectivity index (χ2n) is 7.71. The first-order valence-electron chi connectivity index (χ1n) is 10.2. The number of halogens is 3. The SMILES string of the molecule is O=C(CCc1ccc(C(F)(F)F)cc1)Nc1ccc2nc(N3CCCC3CO)[nH]c2c1. The average Bonchev–Trinajstić information content (AvgIpc) is 3.38. The fourth-order valence-electron chi connectivity index (χ4n) is 3.86. The molecule has 0 saturated carbocycles. The van der Waals surface area contributed by atoms with E-state index in [4.69, 9.17) is 0 Å². The molecule has 164 valence electrons. The molecule has 1 amide bonds. The lowest BCUT2D eigenvalue weighted by Gasteiger charge is -2.21. The number of carbonyl (C=O) groups excluding carboxylic acids is 1. The molecule has 2 aromatic carbocycles. The Balaban J connectivity index is 1.37. The van der Waals surface area contributed by atoms with Crippen LogP contribution in [0.5, 0.6) is 0 Å². The number of hydrogen-bond acceptors (Lipinski definition) is 4. The van der Waals surface area contributed by atoms with Gasteiger partial charge >= 0.3 is 6.18 Å². The summed E-state index contributed by atoms with van der Waals surface area (Å²) in [5.41, 5.74) is 2.12. The van der Waals surface area contributed by atoms with Gasteiger partial charge in [-0.15, -0.1) is 0 Å². The van der Waals surface area contributed by atoms with Crippen LogP contribution in [-0.2, 0) is 17.4 Å². The molecule has 0 bridgehead atoms. The third-order valence-corrected chi connectivity index (χ3v) is 5.54. The number of nitrogens with zero attached hydrogens (tertiary/aromatic N) is 2. The molecule has 31 heavy (non-hydrogen) atoms. The van der Waals surface area contributed by atoms with Gasteiger partial charge in [0.15, 0.2) is 0 Å². The maximum atomic E-state index is 12.6. The lowest BCUT2D eigenvalue weighted by atomic mass is 10.1. The van der Waals surface area contributed by atoms with Crippen LogP contribution in [0.1, 0.15) is 30.4 Å². The van der Waals surface area contributed by atoms with E-state index in [1.165, 1.54) is 12.1 Å². The Morgan fingerprint density at radius 3 is 2.71 bits per heavy atom. The molecule has 3 aromatic rings. The van der Waals surface area contributed by atoms with E-state index in [0.717, 1.165) is 42.6 Å². The number of H-pyrrole nitrogens is 1. The molecule has 0 spiro atoms. The van der Waals surface area contributed by atoms with Crippen LogP contribution in [0.25, 0.3) is 11.0 Å². The largest absolute Gasteiger partial charge is 0.416 e. The zero-order valence-corrected chi connectivity index (χ0v) is 16.7. The van der Waals surface area contributed by atoms with Crippen molar-refractivity contribution < 1.29 is 23.1 Å². The minimum atomic E-state index is -4.37. The molecule has 9 heteroatoms. The predicted molar refractivity (Wildman–Crippen MR) is 112 cm³/mol. The van der Waals surface area contributed by atoms with Gasteiger partial charge in [0.1, 0.15) is 0 Å². The zero-order valence-electron chi connectivity index (χ0n) is 16.7. The highest BCUT2D eigenvalue weighted by Gasteiger charge is 2.30. The van der Waals surface area contributed by atoms with E-state index < -0.39 is 11.7 Å². The van der Waals surface area contributed by atoms with Crippen LogP contribution in [0.15, 0.2) is 42.5 Å². The van der Waals surface area contributed by atoms with Crippen molar-refractivity contribution in [2.75, 3.05) is 23.4 Å². The molecule has 1 unspecified atom stereocenters. The van der Waals surface area contributed by atoms with Crippen molar-refractivity contribution in [3.05, 3.63) is 53.6 Å². The zero-order chi connectivity index (χ0) is 22.0. The molecule has 1 saturated heterocycles. The van der Waals surface area contributed by atoms with Crippen molar-refractivity contribution in [2.24, 2.45) is 0 Å². The number of hydrogen-bond donors (Lipinski definition) is 3. The van der Waals surface area contributed by atoms with Crippen molar-refractivity contribution >= 4 is 28.6 Å². The normalized spacial score (nSPS) is 16.8. The number of nitrogens with one attached hydrogen (secondary N) is 2. The summed E-state index contributed by atoms with van der Waals surface area (Å²) in [6, 6.07) is 10.3. The first-order chi connectivity index (χ1) is 14.8. The van der Waals surface area contributed by atoms with Crippen molar-refractivity contribution in [3.8, 4) is 0 Å². The molecule has 1 aromatic heterocycles. The number of anilines is 2. The Morgan fingerprint density at radius 1 is 1.23 bits per heavy atom. The molecule has 2 heterocycles. The third-order valence-electron chi connectivity index (χ3n) is 5.54. The number of carbonyl (C=O) groups is 1. The van der Waals surface area contributed by atoms with Gasteiger partial charge in [0, 0.05) is 18.7 Å². The molecule has 1 aliphatic rings. The highest BCUT2D eigenvalue weighted by molar-refractivity contribution is 5.93. The number of aryl methyl sites for hydroxylation is 1. The van der Waals surface area contributed by atoms with Gasteiger partial charge < -0.3 is 20.3 Å². The first-order valence-corrected chi connectivity index (χ1v) is 10.2. The van der Waals surface area contributed by atoms with Crippen LogP contribution in [0.3, 0.4) is 0 Å². The van der Waals surface area contributed by atoms with Crippen molar-refractivity contribution in [1.29, 1.82) is 0 Å². The van der Waals surface area contributed by atoms with Gasteiger partial charge in [-0.05, 0) is 55.2 Å². The number of amides is 1. The summed E-state index contributed by atoms with van der Waals surface area (Å²) in [6.45, 7) is 0.913. The highest BCUT2D eigenvalue weighted by atomic mass is 19.4. The summed E-state index contributed by atoms with van der Waals surface area (Å²) in [5.74, 6) is 0.483. The molecule has 6 nitrogen and oxygen atoms in total. The van der Waals surface area contributed by atoms with Crippen molar-refractivity contribution in [1.82, 2.24) is 9.97 Å². The van der Waals surface area contributed by atoms with Gasteiger partial charge in [-0.2, -0.15) is 13.2 Å². The van der Waals surface area contributed by atoms with Gasteiger partial charge in [-0.3, -0.25) is 4.79 Å². The first kappa shape index (κ1) is 21.2. The molecule has 0 aliphatic carbocycles. The maximum Gasteiger partial charge on any atom is 0.416 e. The van der Waals surface area contributed by atoms with Gasteiger partial charge in [0.25, 0.3) is 0 Å². The smallest absolute Gasteiger partial charge is 0.394 e. The summed E-state index contributed by atoms with van der Waals surface area (Å²) in [5, 5.41) is 12.3. The summed E-state index contributed by atoms with van der Waals surface area (Å²) in [7, 11) is 0. The Kier molecular flexibility index (Phi) is 5.86. The number of fused-ring (bicyclic) bond motifs is 1. The monoisotopic (exact) mass is 432 g/mol.